The summed E-state index contributed by atoms with van der Waals surface area (Å²) in [7, 11) is 1.31. The highest BCUT2D eigenvalue weighted by Gasteiger charge is 2.14. The molecule has 9 heteroatoms. The van der Waals surface area contributed by atoms with Crippen LogP contribution >= 0.6 is 11.6 Å². The Morgan fingerprint density at radius 1 is 1.15 bits per heavy atom. The first kappa shape index (κ1) is 20.4. The van der Waals surface area contributed by atoms with Crippen LogP contribution in [0.25, 0.3) is 0 Å². The Morgan fingerprint density at radius 3 is 2.56 bits per heavy atom. The van der Waals surface area contributed by atoms with Crippen LogP contribution in [0.4, 0.5) is 8.78 Å². The van der Waals surface area contributed by atoms with Gasteiger partial charge in [-0.2, -0.15) is 8.78 Å². The zero-order valence-corrected chi connectivity index (χ0v) is 15.0. The molecule has 0 saturated heterocycles. The number of carbonyl (C=O) groups is 2. The van der Waals surface area contributed by atoms with E-state index in [0.717, 1.165) is 0 Å². The number of rotatable bonds is 8. The second-order valence-corrected chi connectivity index (χ2v) is 5.60. The molecular weight excluding hydrogens is 384 g/mol. The topological polar surface area (TPSA) is 73.9 Å². The number of nitrogens with one attached hydrogen (secondary N) is 1. The normalized spacial score (nSPS) is 10.4. The van der Waals surface area contributed by atoms with Crippen molar-refractivity contribution in [3.63, 3.8) is 0 Å². The summed E-state index contributed by atoms with van der Waals surface area (Å²) in [4.78, 5) is 23.7. The standard InChI is InChI=1S/C18H16ClF2NO5/c1-25-15-8-11(6-7-14(15)27-18(20)21)9-22-16(23)10-26-17(24)12-4-2-3-5-13(12)19/h2-8,18H,9-10H2,1H3,(H,22,23). The summed E-state index contributed by atoms with van der Waals surface area (Å²) in [6.07, 6.45) is 0. The van der Waals surface area contributed by atoms with Crippen molar-refractivity contribution in [2.75, 3.05) is 13.7 Å². The van der Waals surface area contributed by atoms with E-state index in [0.29, 0.717) is 5.56 Å². The van der Waals surface area contributed by atoms with Gasteiger partial charge in [-0.1, -0.05) is 29.8 Å². The predicted molar refractivity (Wildman–Crippen MR) is 93.2 cm³/mol. The minimum Gasteiger partial charge on any atom is -0.493 e. The van der Waals surface area contributed by atoms with E-state index in [4.69, 9.17) is 21.1 Å². The van der Waals surface area contributed by atoms with Crippen molar-refractivity contribution in [1.29, 1.82) is 0 Å². The monoisotopic (exact) mass is 399 g/mol. The summed E-state index contributed by atoms with van der Waals surface area (Å²) in [6.45, 7) is -3.39. The van der Waals surface area contributed by atoms with Gasteiger partial charge in [-0.3, -0.25) is 4.79 Å². The highest BCUT2D eigenvalue weighted by Crippen LogP contribution is 2.29. The first-order valence-electron chi connectivity index (χ1n) is 7.70. The van der Waals surface area contributed by atoms with Crippen LogP contribution < -0.4 is 14.8 Å². The summed E-state index contributed by atoms with van der Waals surface area (Å²) in [5.74, 6) is -1.27. The van der Waals surface area contributed by atoms with Crippen LogP contribution in [0.15, 0.2) is 42.5 Å². The Bertz CT molecular complexity index is 816. The second-order valence-electron chi connectivity index (χ2n) is 5.20. The maximum Gasteiger partial charge on any atom is 0.387 e. The lowest BCUT2D eigenvalue weighted by molar-refractivity contribution is -0.124. The smallest absolute Gasteiger partial charge is 0.387 e. The minimum absolute atomic E-state index is 0.0772. The van der Waals surface area contributed by atoms with E-state index in [9.17, 15) is 18.4 Å². The highest BCUT2D eigenvalue weighted by atomic mass is 35.5. The average molecular weight is 400 g/mol. The average Bonchev–Trinajstić information content (AvgIpc) is 2.65. The van der Waals surface area contributed by atoms with Gasteiger partial charge in [0.25, 0.3) is 5.91 Å². The van der Waals surface area contributed by atoms with Gasteiger partial charge in [0.05, 0.1) is 17.7 Å². The lowest BCUT2D eigenvalue weighted by Crippen LogP contribution is -2.28. The Balaban J connectivity index is 1.86. The van der Waals surface area contributed by atoms with E-state index in [1.165, 1.54) is 37.4 Å². The number of carbonyl (C=O) groups excluding carboxylic acids is 2. The molecule has 0 saturated carbocycles. The first-order chi connectivity index (χ1) is 12.9. The molecule has 0 bridgehead atoms. The van der Waals surface area contributed by atoms with Crippen LogP contribution in [0.3, 0.4) is 0 Å². The molecule has 0 spiro atoms. The van der Waals surface area contributed by atoms with Crippen molar-refractivity contribution in [2.45, 2.75) is 13.2 Å². The number of ether oxygens (including phenoxy) is 3. The molecular formula is C18H16ClF2NO5. The lowest BCUT2D eigenvalue weighted by atomic mass is 10.2. The molecule has 0 aromatic heterocycles. The quantitative estimate of drug-likeness (QED) is 0.688. The van der Waals surface area contributed by atoms with E-state index in [-0.39, 0.29) is 28.6 Å². The molecule has 0 aliphatic rings. The molecule has 6 nitrogen and oxygen atoms in total. The van der Waals surface area contributed by atoms with Crippen molar-refractivity contribution < 1.29 is 32.6 Å². The highest BCUT2D eigenvalue weighted by molar-refractivity contribution is 6.33. The number of halogens is 3. The zero-order chi connectivity index (χ0) is 19.8. The predicted octanol–water partition coefficient (Wildman–Crippen LogP) is 3.42. The molecule has 2 aromatic carbocycles. The summed E-state index contributed by atoms with van der Waals surface area (Å²) >= 11 is 5.88. The number of benzene rings is 2. The maximum absolute atomic E-state index is 12.3. The number of amides is 1. The van der Waals surface area contributed by atoms with E-state index in [2.05, 4.69) is 10.1 Å². The van der Waals surface area contributed by atoms with Crippen LogP contribution in [0, 0.1) is 0 Å². The van der Waals surface area contributed by atoms with Gasteiger partial charge in [-0.15, -0.1) is 0 Å². The third-order valence-corrected chi connectivity index (χ3v) is 3.69. The Kier molecular flexibility index (Phi) is 7.36. The van der Waals surface area contributed by atoms with E-state index in [1.54, 1.807) is 12.1 Å². The first-order valence-corrected chi connectivity index (χ1v) is 8.08. The third kappa shape index (κ3) is 6.10. The van der Waals surface area contributed by atoms with Crippen LogP contribution in [0.5, 0.6) is 11.5 Å². The van der Waals surface area contributed by atoms with E-state index < -0.39 is 25.1 Å². The molecule has 2 rings (SSSR count). The van der Waals surface area contributed by atoms with Gasteiger partial charge in [-0.25, -0.2) is 4.79 Å². The van der Waals surface area contributed by atoms with Gasteiger partial charge in [0.2, 0.25) is 0 Å². The maximum atomic E-state index is 12.3. The summed E-state index contributed by atoms with van der Waals surface area (Å²) < 4.78 is 38.8. The second kappa shape index (κ2) is 9.72. The minimum atomic E-state index is -2.97. The number of methoxy groups -OCH3 is 1. The fourth-order valence-electron chi connectivity index (χ4n) is 2.10. The van der Waals surface area contributed by atoms with Crippen LogP contribution in [0.2, 0.25) is 5.02 Å². The van der Waals surface area contributed by atoms with Gasteiger partial charge >= 0.3 is 12.6 Å². The summed E-state index contributed by atoms with van der Waals surface area (Å²) in [5.41, 5.74) is 0.741. The van der Waals surface area contributed by atoms with Gasteiger partial charge in [0.1, 0.15) is 0 Å². The number of hydrogen-bond acceptors (Lipinski definition) is 5. The molecule has 0 aliphatic carbocycles. The number of esters is 1. The van der Waals surface area contributed by atoms with Crippen molar-refractivity contribution in [3.8, 4) is 11.5 Å². The molecule has 0 radical (unpaired) electrons. The molecule has 0 fully saturated rings. The molecule has 0 unspecified atom stereocenters. The lowest BCUT2D eigenvalue weighted by Gasteiger charge is -2.12. The summed E-state index contributed by atoms with van der Waals surface area (Å²) in [5, 5.41) is 2.76. The van der Waals surface area contributed by atoms with E-state index >= 15 is 0 Å². The fourth-order valence-corrected chi connectivity index (χ4v) is 2.32. The van der Waals surface area contributed by atoms with Gasteiger partial charge in [0, 0.05) is 6.54 Å². The van der Waals surface area contributed by atoms with Crippen LogP contribution in [-0.4, -0.2) is 32.2 Å². The van der Waals surface area contributed by atoms with Gasteiger partial charge in [0.15, 0.2) is 18.1 Å². The molecule has 144 valence electrons. The number of alkyl halides is 2. The molecule has 0 atom stereocenters. The largest absolute Gasteiger partial charge is 0.493 e. The molecule has 27 heavy (non-hydrogen) atoms. The zero-order valence-electron chi connectivity index (χ0n) is 14.2. The van der Waals surface area contributed by atoms with Crippen molar-refractivity contribution in [1.82, 2.24) is 5.32 Å². The van der Waals surface area contributed by atoms with Gasteiger partial charge in [-0.05, 0) is 29.8 Å². The molecule has 0 heterocycles. The van der Waals surface area contributed by atoms with E-state index in [1.807, 2.05) is 0 Å². The Hall–Kier alpha value is -2.87. The molecule has 2 aromatic rings. The van der Waals surface area contributed by atoms with Crippen molar-refractivity contribution in [3.05, 3.63) is 58.6 Å². The Morgan fingerprint density at radius 2 is 1.89 bits per heavy atom. The summed E-state index contributed by atoms with van der Waals surface area (Å²) in [6, 6.07) is 10.6. The SMILES string of the molecule is COc1cc(CNC(=O)COC(=O)c2ccccc2Cl)ccc1OC(F)F. The fraction of sp³-hybridized carbons (Fsp3) is 0.222. The molecule has 1 amide bonds. The van der Waals surface area contributed by atoms with Crippen LogP contribution in [-0.2, 0) is 16.1 Å². The number of hydrogen-bond donors (Lipinski definition) is 1. The molecule has 1 N–H and O–H groups in total. The van der Waals surface area contributed by atoms with Crippen LogP contribution in [0.1, 0.15) is 15.9 Å². The Labute approximate surface area is 159 Å². The third-order valence-electron chi connectivity index (χ3n) is 3.36. The van der Waals surface area contributed by atoms with Gasteiger partial charge < -0.3 is 19.5 Å². The molecule has 0 aliphatic heterocycles. The van der Waals surface area contributed by atoms with Crippen molar-refractivity contribution >= 4 is 23.5 Å². The van der Waals surface area contributed by atoms with Crippen molar-refractivity contribution in [2.24, 2.45) is 0 Å².